The summed E-state index contributed by atoms with van der Waals surface area (Å²) < 4.78 is 17.8. The van der Waals surface area contributed by atoms with Crippen LogP contribution in [0.2, 0.25) is 16.6 Å². The lowest BCUT2D eigenvalue weighted by atomic mass is 10.1. The van der Waals surface area contributed by atoms with Crippen molar-refractivity contribution in [1.29, 1.82) is 0 Å². The van der Waals surface area contributed by atoms with E-state index in [2.05, 4.69) is 60.3 Å². The third kappa shape index (κ3) is 6.87. The number of hydrogen-bond acceptors (Lipinski definition) is 4. The van der Waals surface area contributed by atoms with Crippen LogP contribution in [0.1, 0.15) is 75.2 Å². The molecule has 0 unspecified atom stereocenters. The summed E-state index contributed by atoms with van der Waals surface area (Å²) in [5, 5.41) is 10.1. The van der Waals surface area contributed by atoms with Gasteiger partial charge in [-0.1, -0.05) is 54.4 Å². The van der Waals surface area contributed by atoms with Crippen molar-refractivity contribution in [1.82, 2.24) is 0 Å². The van der Waals surface area contributed by atoms with Crippen molar-refractivity contribution in [3.8, 4) is 11.8 Å². The summed E-state index contributed by atoms with van der Waals surface area (Å²) in [4.78, 5) is 0. The first-order valence-corrected chi connectivity index (χ1v) is 12.7. The van der Waals surface area contributed by atoms with Gasteiger partial charge in [0.1, 0.15) is 12.2 Å². The van der Waals surface area contributed by atoms with Crippen molar-refractivity contribution >= 4 is 8.32 Å². The van der Waals surface area contributed by atoms with Crippen LogP contribution in [0.25, 0.3) is 0 Å². The normalized spacial score (nSPS) is 22.2. The Morgan fingerprint density at radius 3 is 2.07 bits per heavy atom. The molecule has 158 valence electrons. The molecule has 1 fully saturated rings. The molecule has 0 radical (unpaired) electrons. The monoisotopic (exact) mass is 398 g/mol. The summed E-state index contributed by atoms with van der Waals surface area (Å²) in [7, 11) is -1.79. The molecule has 1 heterocycles. The van der Waals surface area contributed by atoms with Gasteiger partial charge >= 0.3 is 0 Å². The summed E-state index contributed by atoms with van der Waals surface area (Å²) in [5.74, 6) is 5.86. The molecule has 0 saturated carbocycles. The Kier molecular flexibility index (Phi) is 9.51. The molecular formula is C22H42O4Si. The van der Waals surface area contributed by atoms with Gasteiger partial charge in [-0.05, 0) is 42.8 Å². The number of rotatable bonds is 9. The summed E-state index contributed by atoms with van der Waals surface area (Å²) in [6, 6.07) is 0. The van der Waals surface area contributed by atoms with E-state index in [9.17, 15) is 5.11 Å². The van der Waals surface area contributed by atoms with Gasteiger partial charge in [-0.3, -0.25) is 0 Å². The highest BCUT2D eigenvalue weighted by molar-refractivity contribution is 6.77. The highest BCUT2D eigenvalue weighted by atomic mass is 28.4. The third-order valence-electron chi connectivity index (χ3n) is 5.72. The molecule has 0 amide bonds. The lowest BCUT2D eigenvalue weighted by Gasteiger charge is -2.42. The summed E-state index contributed by atoms with van der Waals surface area (Å²) in [5.41, 5.74) is 1.83. The number of hydrogen-bond donors (Lipinski definition) is 1. The molecule has 0 aliphatic carbocycles. The van der Waals surface area contributed by atoms with E-state index >= 15 is 0 Å². The smallest absolute Gasteiger partial charge is 0.200 e. The standard InChI is InChI=1S/C22H42O4Si/c1-16(2)27(17(3)4,18(5)6)25-14-19(7)12-10-11-13-20(23)21-15-24-22(8,9)26-21/h16-21,23H,10,12,14-15H2,1-9H3/t19-,20+,21+/m0/s1. The Morgan fingerprint density at radius 2 is 1.63 bits per heavy atom. The predicted octanol–water partition coefficient (Wildman–Crippen LogP) is 5.11. The van der Waals surface area contributed by atoms with Gasteiger partial charge in [-0.25, -0.2) is 0 Å². The zero-order valence-electron chi connectivity index (χ0n) is 19.0. The average Bonchev–Trinajstić information content (AvgIpc) is 2.91. The molecule has 1 rings (SSSR count). The summed E-state index contributed by atoms with van der Waals surface area (Å²) >= 11 is 0. The second kappa shape index (κ2) is 10.4. The van der Waals surface area contributed by atoms with Gasteiger partial charge in [-0.2, -0.15) is 0 Å². The first-order valence-electron chi connectivity index (χ1n) is 10.5. The van der Waals surface area contributed by atoms with Crippen molar-refractivity contribution in [2.45, 2.75) is 110 Å². The van der Waals surface area contributed by atoms with Crippen LogP contribution in [0.5, 0.6) is 0 Å². The van der Waals surface area contributed by atoms with E-state index in [0.717, 1.165) is 19.4 Å². The second-order valence-corrected chi connectivity index (χ2v) is 14.9. The Bertz CT molecular complexity index is 482. The fourth-order valence-electron chi connectivity index (χ4n) is 4.33. The Morgan fingerprint density at radius 1 is 1.07 bits per heavy atom. The first kappa shape index (κ1) is 24.7. The van der Waals surface area contributed by atoms with Gasteiger partial charge in [0, 0.05) is 13.0 Å². The SMILES string of the molecule is CC(C)[Si](OC[C@@H](C)CCC#C[C@@H](O)[C@H]1COC(C)(C)O1)(C(C)C)C(C)C. The van der Waals surface area contributed by atoms with Crippen molar-refractivity contribution < 1.29 is 19.0 Å². The van der Waals surface area contributed by atoms with Crippen molar-refractivity contribution in [2.75, 3.05) is 13.2 Å². The van der Waals surface area contributed by atoms with Gasteiger partial charge in [0.2, 0.25) is 0 Å². The summed E-state index contributed by atoms with van der Waals surface area (Å²) in [6.45, 7) is 21.0. The average molecular weight is 399 g/mol. The molecular weight excluding hydrogens is 356 g/mol. The Hall–Kier alpha value is -0.383. The zero-order valence-corrected chi connectivity index (χ0v) is 20.0. The molecule has 0 aromatic carbocycles. The maximum Gasteiger partial charge on any atom is 0.200 e. The fraction of sp³-hybridized carbons (Fsp3) is 0.909. The minimum Gasteiger partial charge on any atom is -0.416 e. The Balaban J connectivity index is 2.46. The van der Waals surface area contributed by atoms with Gasteiger partial charge in [0.05, 0.1) is 6.61 Å². The zero-order chi connectivity index (χ0) is 20.8. The van der Waals surface area contributed by atoms with E-state index in [1.54, 1.807) is 0 Å². The van der Waals surface area contributed by atoms with E-state index in [0.29, 0.717) is 29.1 Å². The van der Waals surface area contributed by atoms with Crippen molar-refractivity contribution in [3.63, 3.8) is 0 Å². The van der Waals surface area contributed by atoms with Gasteiger partial charge in [0.25, 0.3) is 0 Å². The van der Waals surface area contributed by atoms with Crippen LogP contribution in [0.15, 0.2) is 0 Å². The fourth-order valence-corrected chi connectivity index (χ4v) is 9.90. The topological polar surface area (TPSA) is 47.9 Å². The molecule has 27 heavy (non-hydrogen) atoms. The molecule has 0 bridgehead atoms. The molecule has 4 nitrogen and oxygen atoms in total. The molecule has 1 aliphatic rings. The van der Waals surface area contributed by atoms with Crippen LogP contribution >= 0.6 is 0 Å². The van der Waals surface area contributed by atoms with Crippen LogP contribution in [-0.2, 0) is 13.9 Å². The second-order valence-electron chi connectivity index (χ2n) is 9.41. The molecule has 0 spiro atoms. The van der Waals surface area contributed by atoms with Crippen LogP contribution in [0.4, 0.5) is 0 Å². The Labute approximate surface area is 168 Å². The third-order valence-corrected chi connectivity index (χ3v) is 11.8. The highest BCUT2D eigenvalue weighted by Crippen LogP contribution is 2.42. The minimum absolute atomic E-state index is 0.358. The van der Waals surface area contributed by atoms with E-state index in [1.165, 1.54) is 0 Å². The largest absolute Gasteiger partial charge is 0.416 e. The summed E-state index contributed by atoms with van der Waals surface area (Å²) in [6.07, 6.45) is 0.591. The van der Waals surface area contributed by atoms with E-state index in [1.807, 2.05) is 13.8 Å². The molecule has 1 aliphatic heterocycles. The van der Waals surface area contributed by atoms with E-state index < -0.39 is 20.2 Å². The predicted molar refractivity (Wildman–Crippen MR) is 114 cm³/mol. The molecule has 1 N–H and O–H groups in total. The molecule has 3 atom stereocenters. The van der Waals surface area contributed by atoms with E-state index in [4.69, 9.17) is 13.9 Å². The van der Waals surface area contributed by atoms with Crippen LogP contribution in [0, 0.1) is 17.8 Å². The molecule has 0 aromatic rings. The quantitative estimate of drug-likeness (QED) is 0.433. The van der Waals surface area contributed by atoms with Crippen LogP contribution in [-0.4, -0.2) is 44.6 Å². The maximum absolute atomic E-state index is 10.1. The molecule has 5 heteroatoms. The lowest BCUT2D eigenvalue weighted by Crippen LogP contribution is -2.48. The minimum atomic E-state index is -1.79. The van der Waals surface area contributed by atoms with E-state index in [-0.39, 0.29) is 6.10 Å². The van der Waals surface area contributed by atoms with Crippen molar-refractivity contribution in [3.05, 3.63) is 0 Å². The molecule has 0 aromatic heterocycles. The van der Waals surface area contributed by atoms with Crippen molar-refractivity contribution in [2.24, 2.45) is 5.92 Å². The number of aliphatic hydroxyl groups excluding tert-OH is 1. The first-order chi connectivity index (χ1) is 12.4. The lowest BCUT2D eigenvalue weighted by molar-refractivity contribution is -0.146. The van der Waals surface area contributed by atoms with Crippen LogP contribution < -0.4 is 0 Å². The number of aliphatic hydroxyl groups is 1. The molecule has 1 saturated heterocycles. The maximum atomic E-state index is 10.1. The van der Waals surface area contributed by atoms with Gasteiger partial charge in [0.15, 0.2) is 14.1 Å². The van der Waals surface area contributed by atoms with Gasteiger partial charge < -0.3 is 19.0 Å². The highest BCUT2D eigenvalue weighted by Gasteiger charge is 2.45. The van der Waals surface area contributed by atoms with Gasteiger partial charge in [-0.15, -0.1) is 5.92 Å². The number of ether oxygens (including phenoxy) is 2. The van der Waals surface area contributed by atoms with Crippen LogP contribution in [0.3, 0.4) is 0 Å².